The summed E-state index contributed by atoms with van der Waals surface area (Å²) >= 11 is 7.59. The largest absolute Gasteiger partial charge is 0.306 e. The molecule has 0 fully saturated rings. The van der Waals surface area contributed by atoms with Gasteiger partial charge in [-0.15, -0.1) is 10.2 Å². The molecule has 20 heavy (non-hydrogen) atoms. The van der Waals surface area contributed by atoms with Crippen LogP contribution in [0.1, 0.15) is 38.1 Å². The van der Waals surface area contributed by atoms with Gasteiger partial charge in [-0.05, 0) is 24.6 Å². The highest BCUT2D eigenvalue weighted by molar-refractivity contribution is 7.98. The molecule has 0 aliphatic carbocycles. The number of rotatable bonds is 5. The molecule has 1 aromatic carbocycles. The van der Waals surface area contributed by atoms with Gasteiger partial charge in [-0.1, -0.05) is 43.3 Å². The molecule has 0 aliphatic heterocycles. The van der Waals surface area contributed by atoms with Crippen LogP contribution in [0.2, 0.25) is 5.02 Å². The van der Waals surface area contributed by atoms with E-state index in [-0.39, 0.29) is 5.82 Å². The van der Waals surface area contributed by atoms with E-state index in [0.29, 0.717) is 16.7 Å². The van der Waals surface area contributed by atoms with Crippen LogP contribution in [0.3, 0.4) is 0 Å². The fourth-order valence-corrected chi connectivity index (χ4v) is 3.24. The lowest BCUT2D eigenvalue weighted by atomic mass is 10.2. The van der Waals surface area contributed by atoms with Gasteiger partial charge in [0, 0.05) is 23.2 Å². The van der Waals surface area contributed by atoms with Crippen LogP contribution >= 0.6 is 23.4 Å². The minimum Gasteiger partial charge on any atom is -0.306 e. The lowest BCUT2D eigenvalue weighted by molar-refractivity contribution is 0.613. The average molecular weight is 314 g/mol. The molecule has 0 radical (unpaired) electrons. The molecule has 0 N–H and O–H groups in total. The van der Waals surface area contributed by atoms with Gasteiger partial charge in [0.15, 0.2) is 5.16 Å². The number of nitrogens with zero attached hydrogens (tertiary/aromatic N) is 3. The smallest absolute Gasteiger partial charge is 0.191 e. The Bertz CT molecular complexity index is 598. The van der Waals surface area contributed by atoms with Crippen molar-refractivity contribution in [3.63, 3.8) is 0 Å². The van der Waals surface area contributed by atoms with Gasteiger partial charge in [-0.25, -0.2) is 4.39 Å². The van der Waals surface area contributed by atoms with Crippen LogP contribution < -0.4 is 0 Å². The molecule has 2 rings (SSSR count). The van der Waals surface area contributed by atoms with Crippen molar-refractivity contribution in [2.24, 2.45) is 0 Å². The summed E-state index contributed by atoms with van der Waals surface area (Å²) in [4.78, 5) is 0. The summed E-state index contributed by atoms with van der Waals surface area (Å²) in [5.74, 6) is 1.66. The molecule has 0 atom stereocenters. The van der Waals surface area contributed by atoms with Gasteiger partial charge in [-0.3, -0.25) is 0 Å². The number of thioether (sulfide) groups is 1. The van der Waals surface area contributed by atoms with Crippen molar-refractivity contribution in [3.05, 3.63) is 40.4 Å². The molecule has 2 aromatic rings. The predicted octanol–water partition coefficient (Wildman–Crippen LogP) is 4.51. The molecule has 0 amide bonds. The zero-order valence-corrected chi connectivity index (χ0v) is 13.3. The van der Waals surface area contributed by atoms with Crippen molar-refractivity contribution in [1.82, 2.24) is 14.8 Å². The number of benzene rings is 1. The van der Waals surface area contributed by atoms with Gasteiger partial charge in [0.1, 0.15) is 11.6 Å². The van der Waals surface area contributed by atoms with E-state index in [1.54, 1.807) is 17.8 Å². The van der Waals surface area contributed by atoms with E-state index in [2.05, 4.69) is 35.5 Å². The standard InChI is InChI=1S/C14H17ClFN3S/c1-4-19-13(9(2)3)17-18-14(19)20-8-10-5-6-11(16)7-12(10)15/h5-7,9H,4,8H2,1-3H3. The third kappa shape index (κ3) is 3.33. The molecule has 0 spiro atoms. The average Bonchev–Trinajstić information content (AvgIpc) is 2.80. The van der Waals surface area contributed by atoms with Crippen LogP contribution in [0.15, 0.2) is 23.4 Å². The van der Waals surface area contributed by atoms with Crippen LogP contribution in [-0.2, 0) is 12.3 Å². The van der Waals surface area contributed by atoms with Gasteiger partial charge in [0.2, 0.25) is 0 Å². The van der Waals surface area contributed by atoms with E-state index in [1.807, 2.05) is 0 Å². The van der Waals surface area contributed by atoms with E-state index in [0.717, 1.165) is 23.1 Å². The zero-order valence-electron chi connectivity index (χ0n) is 11.7. The van der Waals surface area contributed by atoms with E-state index >= 15 is 0 Å². The van der Waals surface area contributed by atoms with Crippen molar-refractivity contribution in [2.45, 2.75) is 44.1 Å². The lowest BCUT2D eigenvalue weighted by Crippen LogP contribution is -2.04. The van der Waals surface area contributed by atoms with Crippen molar-refractivity contribution < 1.29 is 4.39 Å². The number of hydrogen-bond acceptors (Lipinski definition) is 3. The summed E-state index contributed by atoms with van der Waals surface area (Å²) in [6, 6.07) is 4.47. The third-order valence-corrected chi connectivity index (χ3v) is 4.32. The van der Waals surface area contributed by atoms with Crippen LogP contribution in [0.4, 0.5) is 4.39 Å². The summed E-state index contributed by atoms with van der Waals surface area (Å²) in [5, 5.41) is 9.78. The monoisotopic (exact) mass is 313 g/mol. The predicted molar refractivity (Wildman–Crippen MR) is 80.8 cm³/mol. The Labute approximate surface area is 127 Å². The minimum atomic E-state index is -0.317. The summed E-state index contributed by atoms with van der Waals surface area (Å²) in [6.45, 7) is 7.10. The Morgan fingerprint density at radius 1 is 1.35 bits per heavy atom. The molecule has 1 heterocycles. The fourth-order valence-electron chi connectivity index (χ4n) is 1.91. The molecule has 108 valence electrons. The minimum absolute atomic E-state index is 0.317. The molecule has 0 aliphatic rings. The number of halogens is 2. The topological polar surface area (TPSA) is 30.7 Å². The van der Waals surface area contributed by atoms with Gasteiger partial charge >= 0.3 is 0 Å². The second-order valence-electron chi connectivity index (χ2n) is 4.76. The Morgan fingerprint density at radius 2 is 2.10 bits per heavy atom. The Balaban J connectivity index is 2.15. The summed E-state index contributed by atoms with van der Waals surface area (Å²) in [6.07, 6.45) is 0. The Hall–Kier alpha value is -1.07. The molecule has 6 heteroatoms. The maximum absolute atomic E-state index is 13.0. The number of hydrogen-bond donors (Lipinski definition) is 0. The van der Waals surface area contributed by atoms with E-state index in [9.17, 15) is 4.39 Å². The number of aromatic nitrogens is 3. The highest BCUT2D eigenvalue weighted by atomic mass is 35.5. The maximum atomic E-state index is 13.0. The Morgan fingerprint density at radius 3 is 2.70 bits per heavy atom. The van der Waals surface area contributed by atoms with Crippen molar-refractivity contribution in [3.8, 4) is 0 Å². The highest BCUT2D eigenvalue weighted by Crippen LogP contribution is 2.27. The molecule has 1 aromatic heterocycles. The molecule has 0 unspecified atom stereocenters. The van der Waals surface area contributed by atoms with Gasteiger partial charge < -0.3 is 4.57 Å². The highest BCUT2D eigenvalue weighted by Gasteiger charge is 2.14. The first-order valence-electron chi connectivity index (χ1n) is 6.52. The van der Waals surface area contributed by atoms with Crippen molar-refractivity contribution >= 4 is 23.4 Å². The lowest BCUT2D eigenvalue weighted by Gasteiger charge is -2.09. The van der Waals surface area contributed by atoms with Crippen LogP contribution in [-0.4, -0.2) is 14.8 Å². The van der Waals surface area contributed by atoms with Crippen LogP contribution in [0.25, 0.3) is 0 Å². The molecule has 0 saturated heterocycles. The van der Waals surface area contributed by atoms with E-state index < -0.39 is 0 Å². The first kappa shape index (κ1) is 15.3. The SMILES string of the molecule is CCn1c(SCc2ccc(F)cc2Cl)nnc1C(C)C. The molecular weight excluding hydrogens is 297 g/mol. The van der Waals surface area contributed by atoms with Crippen molar-refractivity contribution in [2.75, 3.05) is 0 Å². The molecular formula is C14H17ClFN3S. The van der Waals surface area contributed by atoms with E-state index in [4.69, 9.17) is 11.6 Å². The third-order valence-electron chi connectivity index (χ3n) is 2.95. The zero-order chi connectivity index (χ0) is 14.7. The van der Waals surface area contributed by atoms with Crippen LogP contribution in [0.5, 0.6) is 0 Å². The Kier molecular flexibility index (Phi) is 5.05. The van der Waals surface area contributed by atoms with Crippen LogP contribution in [0, 0.1) is 5.82 Å². The molecule has 3 nitrogen and oxygen atoms in total. The second-order valence-corrected chi connectivity index (χ2v) is 6.11. The summed E-state index contributed by atoms with van der Waals surface area (Å²) in [7, 11) is 0. The second kappa shape index (κ2) is 6.59. The fraction of sp³-hybridized carbons (Fsp3) is 0.429. The molecule has 0 saturated carbocycles. The normalized spacial score (nSPS) is 11.3. The quantitative estimate of drug-likeness (QED) is 0.761. The van der Waals surface area contributed by atoms with E-state index in [1.165, 1.54) is 12.1 Å². The van der Waals surface area contributed by atoms with Gasteiger partial charge in [0.05, 0.1) is 0 Å². The van der Waals surface area contributed by atoms with Crippen molar-refractivity contribution in [1.29, 1.82) is 0 Å². The summed E-state index contributed by atoms with van der Waals surface area (Å²) < 4.78 is 15.1. The first-order chi connectivity index (χ1) is 9.52. The first-order valence-corrected chi connectivity index (χ1v) is 7.89. The molecule has 0 bridgehead atoms. The summed E-state index contributed by atoms with van der Waals surface area (Å²) in [5.41, 5.74) is 0.898. The van der Waals surface area contributed by atoms with Gasteiger partial charge in [-0.2, -0.15) is 0 Å². The van der Waals surface area contributed by atoms with Gasteiger partial charge in [0.25, 0.3) is 0 Å². The maximum Gasteiger partial charge on any atom is 0.191 e.